The van der Waals surface area contributed by atoms with Crippen LogP contribution in [0.4, 0.5) is 5.69 Å². The topological polar surface area (TPSA) is 21.3 Å². The number of rotatable bonds is 5. The van der Waals surface area contributed by atoms with Crippen molar-refractivity contribution in [3.05, 3.63) is 112 Å². The van der Waals surface area contributed by atoms with E-state index in [1.807, 2.05) is 17.4 Å². The van der Waals surface area contributed by atoms with Crippen LogP contribution < -0.4 is 14.2 Å². The van der Waals surface area contributed by atoms with Crippen molar-refractivity contribution in [2.45, 2.75) is 47.1 Å². The Morgan fingerprint density at radius 3 is 2.69 bits per heavy atom. The number of thiazole rings is 1. The average molecular weight is 593 g/mol. The Morgan fingerprint density at radius 1 is 1.00 bits per heavy atom. The molecule has 0 N–H and O–H groups in total. The van der Waals surface area contributed by atoms with Gasteiger partial charge >= 0.3 is 0 Å². The van der Waals surface area contributed by atoms with Crippen LogP contribution in [0.15, 0.2) is 102 Å². The third kappa shape index (κ3) is 4.85. The van der Waals surface area contributed by atoms with Crippen molar-refractivity contribution in [2.24, 2.45) is 5.41 Å². The molecule has 0 bridgehead atoms. The SMILES string of the molecule is CCN1/C(=C/C2=CC(=C\c3sc4ccc(Cl)cc4[n+]3CC)/CC(C)(C)C2)Oc2ccc(-n3ccc4ccccc43)cc21. The molecule has 212 valence electrons. The van der Waals surface area contributed by atoms with Crippen LogP contribution in [-0.2, 0) is 6.54 Å². The lowest BCUT2D eigenvalue weighted by Crippen LogP contribution is -2.33. The van der Waals surface area contributed by atoms with Gasteiger partial charge < -0.3 is 14.2 Å². The number of nitrogens with zero attached hydrogens (tertiary/aromatic N) is 3. The molecule has 4 nitrogen and oxygen atoms in total. The van der Waals surface area contributed by atoms with E-state index < -0.39 is 0 Å². The minimum atomic E-state index is 0.148. The first-order chi connectivity index (χ1) is 20.3. The fourth-order valence-electron chi connectivity index (χ4n) is 6.50. The molecule has 0 fully saturated rings. The number of benzene rings is 3. The molecule has 0 amide bonds. The van der Waals surface area contributed by atoms with Crippen LogP contribution in [0.5, 0.6) is 5.75 Å². The summed E-state index contributed by atoms with van der Waals surface area (Å²) in [7, 11) is 0. The number of anilines is 1. The van der Waals surface area contributed by atoms with Gasteiger partial charge in [-0.05, 0) is 91.1 Å². The van der Waals surface area contributed by atoms with Crippen LogP contribution in [0.1, 0.15) is 45.5 Å². The number of ether oxygens (including phenoxy) is 1. The van der Waals surface area contributed by atoms with Crippen molar-refractivity contribution in [1.29, 1.82) is 0 Å². The van der Waals surface area contributed by atoms with E-state index in [4.69, 9.17) is 16.3 Å². The lowest BCUT2D eigenvalue weighted by molar-refractivity contribution is -0.665. The minimum Gasteiger partial charge on any atom is -0.439 e. The van der Waals surface area contributed by atoms with Crippen molar-refractivity contribution < 1.29 is 9.30 Å². The summed E-state index contributed by atoms with van der Waals surface area (Å²) in [5.41, 5.74) is 7.44. The van der Waals surface area contributed by atoms with E-state index in [9.17, 15) is 0 Å². The highest BCUT2D eigenvalue weighted by atomic mass is 35.5. The highest BCUT2D eigenvalue weighted by Gasteiger charge is 2.30. The quantitative estimate of drug-likeness (QED) is 0.189. The smallest absolute Gasteiger partial charge is 0.263 e. The predicted octanol–water partition coefficient (Wildman–Crippen LogP) is 9.70. The van der Waals surface area contributed by atoms with Gasteiger partial charge in [-0.1, -0.05) is 61.1 Å². The molecule has 1 aliphatic heterocycles. The summed E-state index contributed by atoms with van der Waals surface area (Å²) in [6.07, 6.45) is 11.2. The van der Waals surface area contributed by atoms with E-state index in [1.54, 1.807) is 0 Å². The maximum absolute atomic E-state index is 6.49. The lowest BCUT2D eigenvalue weighted by Gasteiger charge is -2.30. The fourth-order valence-corrected chi connectivity index (χ4v) is 7.85. The van der Waals surface area contributed by atoms with Gasteiger partial charge in [-0.25, -0.2) is 0 Å². The van der Waals surface area contributed by atoms with E-state index in [-0.39, 0.29) is 5.41 Å². The van der Waals surface area contributed by atoms with E-state index in [1.165, 1.54) is 37.3 Å². The largest absolute Gasteiger partial charge is 0.439 e. The van der Waals surface area contributed by atoms with Gasteiger partial charge in [-0.15, -0.1) is 0 Å². The van der Waals surface area contributed by atoms with Crippen LogP contribution in [0.25, 0.3) is 32.9 Å². The third-order valence-corrected chi connectivity index (χ3v) is 9.62. The molecule has 0 saturated heterocycles. The summed E-state index contributed by atoms with van der Waals surface area (Å²) in [4.78, 5) is 2.29. The number of allylic oxidation sites excluding steroid dienone is 4. The first kappa shape index (κ1) is 27.1. The van der Waals surface area contributed by atoms with Gasteiger partial charge in [0.05, 0.1) is 11.2 Å². The van der Waals surface area contributed by atoms with Crippen molar-refractivity contribution in [2.75, 3.05) is 11.4 Å². The first-order valence-corrected chi connectivity index (χ1v) is 15.9. The number of aryl methyl sites for hydroxylation is 1. The molecule has 2 aliphatic rings. The maximum atomic E-state index is 6.49. The van der Waals surface area contributed by atoms with Gasteiger partial charge in [0.1, 0.15) is 11.2 Å². The van der Waals surface area contributed by atoms with Crippen LogP contribution >= 0.6 is 22.9 Å². The van der Waals surface area contributed by atoms with Gasteiger partial charge in [-0.2, -0.15) is 4.57 Å². The monoisotopic (exact) mass is 592 g/mol. The number of hydrogen-bond donors (Lipinski definition) is 0. The fraction of sp³-hybridized carbons (Fsp3) is 0.250. The number of halogens is 1. The molecular formula is C36H35ClN3OS+. The van der Waals surface area contributed by atoms with E-state index in [0.717, 1.165) is 54.0 Å². The second-order valence-electron chi connectivity index (χ2n) is 12.0. The van der Waals surface area contributed by atoms with Gasteiger partial charge in [0.2, 0.25) is 11.4 Å². The zero-order valence-electron chi connectivity index (χ0n) is 24.5. The lowest BCUT2D eigenvalue weighted by atomic mass is 9.75. The molecule has 5 aromatic rings. The molecule has 0 atom stereocenters. The zero-order valence-corrected chi connectivity index (χ0v) is 26.1. The van der Waals surface area contributed by atoms with Crippen molar-refractivity contribution in [3.8, 4) is 11.4 Å². The molecule has 42 heavy (non-hydrogen) atoms. The summed E-state index contributed by atoms with van der Waals surface area (Å²) in [6, 6.07) is 23.3. The Hall–Kier alpha value is -3.80. The molecule has 0 radical (unpaired) electrons. The Balaban J connectivity index is 1.24. The second-order valence-corrected chi connectivity index (χ2v) is 13.5. The maximum Gasteiger partial charge on any atom is 0.263 e. The van der Waals surface area contributed by atoms with Crippen LogP contribution in [0.2, 0.25) is 5.02 Å². The van der Waals surface area contributed by atoms with Gasteiger partial charge in [0.15, 0.2) is 5.75 Å². The van der Waals surface area contributed by atoms with E-state index in [0.29, 0.717) is 0 Å². The third-order valence-electron chi connectivity index (χ3n) is 8.27. The second kappa shape index (κ2) is 10.5. The number of hydrogen-bond acceptors (Lipinski definition) is 3. The predicted molar refractivity (Wildman–Crippen MR) is 177 cm³/mol. The molecule has 0 spiro atoms. The van der Waals surface area contributed by atoms with Crippen LogP contribution in [0.3, 0.4) is 0 Å². The molecule has 0 unspecified atom stereocenters. The zero-order chi connectivity index (χ0) is 29.0. The van der Waals surface area contributed by atoms with Crippen LogP contribution in [0, 0.1) is 5.41 Å². The Kier molecular flexibility index (Phi) is 6.75. The van der Waals surface area contributed by atoms with Gasteiger partial charge in [0, 0.05) is 41.7 Å². The molecule has 3 heterocycles. The molecular weight excluding hydrogens is 558 g/mol. The summed E-state index contributed by atoms with van der Waals surface area (Å²) in [6.45, 7) is 10.8. The summed E-state index contributed by atoms with van der Waals surface area (Å²) < 4.78 is 12.4. The standard InChI is InChI=1S/C36H35ClN3OS/c1-5-38-30-21-28(40-16-15-26-9-7-8-10-29(26)40)12-13-32(30)41-34(38)18-24-17-25(23-36(3,4)22-24)19-35-39(6-2)31-20-27(37)11-14-33(31)42-35/h7-21H,5-6,22-23H2,1-4H3/q+1. The Labute approximate surface area is 256 Å². The number of fused-ring (bicyclic) bond motifs is 3. The average Bonchev–Trinajstić information content (AvgIpc) is 3.64. The van der Waals surface area contributed by atoms with Crippen LogP contribution in [-0.4, -0.2) is 11.1 Å². The number of aromatic nitrogens is 2. The van der Waals surface area contributed by atoms with Crippen molar-refractivity contribution >= 4 is 55.8 Å². The number of para-hydroxylation sites is 1. The van der Waals surface area contributed by atoms with Gasteiger partial charge in [0.25, 0.3) is 5.01 Å². The molecule has 3 aromatic carbocycles. The summed E-state index contributed by atoms with van der Waals surface area (Å²) in [5.74, 6) is 1.80. The molecule has 2 aromatic heterocycles. The van der Waals surface area contributed by atoms with E-state index in [2.05, 4.69) is 127 Å². The molecule has 6 heteroatoms. The Morgan fingerprint density at radius 2 is 1.86 bits per heavy atom. The molecule has 7 rings (SSSR count). The minimum absolute atomic E-state index is 0.148. The van der Waals surface area contributed by atoms with Crippen molar-refractivity contribution in [1.82, 2.24) is 4.57 Å². The van der Waals surface area contributed by atoms with Gasteiger partial charge in [-0.3, -0.25) is 0 Å². The summed E-state index contributed by atoms with van der Waals surface area (Å²) in [5, 5.41) is 3.28. The highest BCUT2D eigenvalue weighted by Crippen LogP contribution is 2.44. The first-order valence-electron chi connectivity index (χ1n) is 14.7. The summed E-state index contributed by atoms with van der Waals surface area (Å²) >= 11 is 8.17. The highest BCUT2D eigenvalue weighted by molar-refractivity contribution is 7.18. The normalized spacial score (nSPS) is 18.2. The Bertz CT molecular complexity index is 1940. The van der Waals surface area contributed by atoms with Crippen molar-refractivity contribution in [3.63, 3.8) is 0 Å². The molecule has 1 aliphatic carbocycles. The molecule has 0 saturated carbocycles. The van der Waals surface area contributed by atoms with E-state index >= 15 is 0 Å².